The van der Waals surface area contributed by atoms with Crippen molar-refractivity contribution in [3.05, 3.63) is 26.1 Å². The Balaban J connectivity index is 2.71. The molecule has 0 atom stereocenters. The van der Waals surface area contributed by atoms with Crippen LogP contribution in [0.5, 0.6) is 0 Å². The third-order valence-electron chi connectivity index (χ3n) is 1.60. The van der Waals surface area contributed by atoms with Gasteiger partial charge in [0.2, 0.25) is 0 Å². The van der Waals surface area contributed by atoms with Crippen molar-refractivity contribution in [3.8, 4) is 0 Å². The molecule has 1 rings (SSSR count). The molecule has 0 unspecified atom stereocenters. The molecule has 0 bridgehead atoms. The van der Waals surface area contributed by atoms with Crippen LogP contribution in [0, 0.1) is 0 Å². The largest absolute Gasteiger partial charge is 0.440 e. The second-order valence-electron chi connectivity index (χ2n) is 3.06. The second-order valence-corrected chi connectivity index (χ2v) is 5.21. The lowest BCUT2D eigenvalue weighted by Gasteiger charge is -2.11. The molecule has 0 saturated heterocycles. The summed E-state index contributed by atoms with van der Waals surface area (Å²) in [7, 11) is 0. The fourth-order valence-electron chi connectivity index (χ4n) is 0.947. The van der Waals surface area contributed by atoms with E-state index in [4.69, 9.17) is 11.6 Å². The molecule has 0 spiro atoms. The van der Waals surface area contributed by atoms with Crippen LogP contribution >= 0.6 is 43.5 Å². The summed E-state index contributed by atoms with van der Waals surface area (Å²) in [4.78, 5) is 11.1. The van der Waals surface area contributed by atoms with Gasteiger partial charge in [-0.2, -0.15) is 13.2 Å². The van der Waals surface area contributed by atoms with Gasteiger partial charge in [-0.1, -0.05) is 11.6 Å². The summed E-state index contributed by atoms with van der Waals surface area (Å²) in [6.07, 6.45) is -5.78. The highest BCUT2D eigenvalue weighted by Crippen LogP contribution is 2.34. The maximum absolute atomic E-state index is 11.8. The van der Waals surface area contributed by atoms with Crippen LogP contribution in [-0.4, -0.2) is 18.9 Å². The van der Waals surface area contributed by atoms with Gasteiger partial charge in [0.25, 0.3) is 0 Å². The van der Waals surface area contributed by atoms with Gasteiger partial charge in [-0.15, -0.1) is 0 Å². The van der Waals surface area contributed by atoms with Gasteiger partial charge in [0.05, 0.1) is 5.69 Å². The van der Waals surface area contributed by atoms with E-state index >= 15 is 0 Å². The normalized spacial score (nSPS) is 11.2. The third kappa shape index (κ3) is 5.03. The fraction of sp³-hybridized carbons (Fsp3) is 0.222. The Bertz CT molecular complexity index is 445. The number of anilines is 1. The predicted octanol–water partition coefficient (Wildman–Crippen LogP) is 4.98. The van der Waals surface area contributed by atoms with Crippen LogP contribution in [0.1, 0.15) is 0 Å². The summed E-state index contributed by atoms with van der Waals surface area (Å²) < 4.78 is 40.3. The first-order chi connectivity index (χ1) is 8.19. The molecule has 9 heteroatoms. The minimum Gasteiger partial charge on any atom is -0.440 e. The molecule has 18 heavy (non-hydrogen) atoms. The number of amides is 1. The van der Waals surface area contributed by atoms with E-state index in [0.717, 1.165) is 0 Å². The molecule has 0 aliphatic heterocycles. The third-order valence-corrected chi connectivity index (χ3v) is 3.07. The highest BCUT2D eigenvalue weighted by atomic mass is 79.9. The van der Waals surface area contributed by atoms with E-state index < -0.39 is 18.9 Å². The van der Waals surface area contributed by atoms with Crippen molar-refractivity contribution in [2.75, 3.05) is 11.9 Å². The quantitative estimate of drug-likeness (QED) is 0.746. The minimum atomic E-state index is -4.56. The van der Waals surface area contributed by atoms with E-state index in [9.17, 15) is 18.0 Å². The molecular formula is C9H5Br2ClF3NO2. The molecule has 0 saturated carbocycles. The van der Waals surface area contributed by atoms with Crippen molar-refractivity contribution in [3.63, 3.8) is 0 Å². The molecule has 1 aromatic rings. The first-order valence-electron chi connectivity index (χ1n) is 4.34. The minimum absolute atomic E-state index is 0.228. The molecule has 0 radical (unpaired) electrons. The predicted molar refractivity (Wildman–Crippen MR) is 67.9 cm³/mol. The Kier molecular flexibility index (Phi) is 5.30. The fourth-order valence-corrected chi connectivity index (χ4v) is 2.81. The lowest BCUT2D eigenvalue weighted by Crippen LogP contribution is -2.23. The molecule has 0 heterocycles. The number of carbonyl (C=O) groups excluding carboxylic acids is 1. The van der Waals surface area contributed by atoms with E-state index in [2.05, 4.69) is 41.9 Å². The van der Waals surface area contributed by atoms with E-state index in [1.54, 1.807) is 0 Å². The standard InChI is InChI=1S/C9H5Br2ClF3NO2/c10-5-1-4(12)2-6(11)7(5)16-8(17)18-3-9(13,14)15/h1-2H,3H2,(H,16,17). The number of rotatable bonds is 2. The van der Waals surface area contributed by atoms with E-state index in [1.165, 1.54) is 12.1 Å². The van der Waals surface area contributed by atoms with Crippen molar-refractivity contribution in [1.29, 1.82) is 0 Å². The van der Waals surface area contributed by atoms with Gasteiger partial charge in [-0.05, 0) is 44.0 Å². The van der Waals surface area contributed by atoms with Crippen LogP contribution in [0.2, 0.25) is 5.02 Å². The summed E-state index contributed by atoms with van der Waals surface area (Å²) in [5, 5.41) is 2.56. The molecular weight excluding hydrogens is 406 g/mol. The zero-order valence-corrected chi connectivity index (χ0v) is 12.4. The smallest absolute Gasteiger partial charge is 0.422 e. The highest BCUT2D eigenvalue weighted by molar-refractivity contribution is 9.11. The van der Waals surface area contributed by atoms with Crippen LogP contribution in [0.3, 0.4) is 0 Å². The van der Waals surface area contributed by atoms with Gasteiger partial charge in [0, 0.05) is 14.0 Å². The molecule has 1 amide bonds. The maximum Gasteiger partial charge on any atom is 0.422 e. The van der Waals surface area contributed by atoms with Crippen molar-refractivity contribution in [1.82, 2.24) is 0 Å². The number of carbonyl (C=O) groups is 1. The summed E-state index contributed by atoms with van der Waals surface area (Å²) in [5.74, 6) is 0. The Morgan fingerprint density at radius 3 is 2.28 bits per heavy atom. The number of halogens is 6. The Hall–Kier alpha value is -0.470. The van der Waals surface area contributed by atoms with Crippen molar-refractivity contribution in [2.45, 2.75) is 6.18 Å². The van der Waals surface area contributed by atoms with Crippen LogP contribution in [-0.2, 0) is 4.74 Å². The summed E-state index contributed by atoms with van der Waals surface area (Å²) in [6, 6.07) is 2.96. The zero-order valence-electron chi connectivity index (χ0n) is 8.45. The zero-order chi connectivity index (χ0) is 13.9. The van der Waals surface area contributed by atoms with E-state index in [0.29, 0.717) is 14.0 Å². The average Bonchev–Trinajstić information content (AvgIpc) is 2.19. The van der Waals surface area contributed by atoms with Gasteiger partial charge < -0.3 is 4.74 Å². The van der Waals surface area contributed by atoms with E-state index in [1.807, 2.05) is 0 Å². The molecule has 0 aliphatic rings. The number of hydrogen-bond donors (Lipinski definition) is 1. The lowest BCUT2D eigenvalue weighted by molar-refractivity contribution is -0.159. The molecule has 1 N–H and O–H groups in total. The number of nitrogens with one attached hydrogen (secondary N) is 1. The van der Waals surface area contributed by atoms with Gasteiger partial charge >= 0.3 is 12.3 Å². The number of ether oxygens (including phenoxy) is 1. The van der Waals surface area contributed by atoms with Gasteiger partial charge in [0.1, 0.15) is 0 Å². The summed E-state index contributed by atoms with van der Waals surface area (Å²) >= 11 is 11.9. The SMILES string of the molecule is O=C(Nc1c(Br)cc(Cl)cc1Br)OCC(F)(F)F. The van der Waals surface area contributed by atoms with Gasteiger partial charge in [0.15, 0.2) is 6.61 Å². The Morgan fingerprint density at radius 1 is 1.33 bits per heavy atom. The number of hydrogen-bond acceptors (Lipinski definition) is 2. The van der Waals surface area contributed by atoms with Crippen molar-refractivity contribution >= 4 is 55.2 Å². The van der Waals surface area contributed by atoms with Crippen molar-refractivity contribution < 1.29 is 22.7 Å². The first kappa shape index (κ1) is 15.6. The first-order valence-corrected chi connectivity index (χ1v) is 6.30. The lowest BCUT2D eigenvalue weighted by atomic mass is 10.3. The molecule has 100 valence electrons. The molecule has 1 aromatic carbocycles. The molecule has 3 nitrogen and oxygen atoms in total. The van der Waals surface area contributed by atoms with Crippen molar-refractivity contribution in [2.24, 2.45) is 0 Å². The van der Waals surface area contributed by atoms with Crippen LogP contribution in [0.4, 0.5) is 23.7 Å². The summed E-state index contributed by atoms with van der Waals surface area (Å²) in [5.41, 5.74) is 0.228. The average molecular weight is 411 g/mol. The topological polar surface area (TPSA) is 38.3 Å². The van der Waals surface area contributed by atoms with Gasteiger partial charge in [-0.3, -0.25) is 5.32 Å². The Morgan fingerprint density at radius 2 is 1.83 bits per heavy atom. The molecule has 0 aromatic heterocycles. The molecule has 0 fully saturated rings. The van der Waals surface area contributed by atoms with Gasteiger partial charge in [-0.25, -0.2) is 4.79 Å². The Labute approximate surface area is 122 Å². The van der Waals surface area contributed by atoms with E-state index in [-0.39, 0.29) is 5.69 Å². The monoisotopic (exact) mass is 409 g/mol. The number of benzene rings is 1. The maximum atomic E-state index is 11.8. The van der Waals surface area contributed by atoms with Crippen LogP contribution in [0.25, 0.3) is 0 Å². The second kappa shape index (κ2) is 6.12. The highest BCUT2D eigenvalue weighted by Gasteiger charge is 2.29. The van der Waals surface area contributed by atoms with Crippen LogP contribution < -0.4 is 5.32 Å². The molecule has 0 aliphatic carbocycles. The number of alkyl halides is 3. The summed E-state index contributed by atoms with van der Waals surface area (Å²) in [6.45, 7) is -1.65. The van der Waals surface area contributed by atoms with Crippen LogP contribution in [0.15, 0.2) is 21.1 Å².